The Labute approximate surface area is 99.0 Å². The molecule has 1 unspecified atom stereocenters. The maximum Gasteiger partial charge on any atom is 0.223 e. The highest BCUT2D eigenvalue weighted by Gasteiger charge is 2.27. The van der Waals surface area contributed by atoms with Crippen LogP contribution in [0.1, 0.15) is 33.6 Å². The Hall–Kier alpha value is -0.610. The van der Waals surface area contributed by atoms with Crippen LogP contribution in [-0.4, -0.2) is 49.2 Å². The first-order valence-corrected chi connectivity index (χ1v) is 5.84. The zero-order valence-corrected chi connectivity index (χ0v) is 11.2. The highest BCUT2D eigenvalue weighted by molar-refractivity contribution is 5.77. The number of amides is 1. The van der Waals surface area contributed by atoms with Crippen LogP contribution in [0, 0.1) is 5.41 Å². The number of aliphatic hydroxyl groups is 1. The van der Waals surface area contributed by atoms with Gasteiger partial charge in [0.1, 0.15) is 0 Å². The number of carbonyl (C=O) groups excluding carboxylic acids is 1. The Morgan fingerprint density at radius 2 is 1.94 bits per heavy atom. The normalized spacial score (nSPS) is 20.4. The van der Waals surface area contributed by atoms with Crippen molar-refractivity contribution in [2.24, 2.45) is 5.41 Å². The first-order valence-electron chi connectivity index (χ1n) is 5.84. The van der Waals surface area contributed by atoms with E-state index in [2.05, 4.69) is 26.1 Å². The predicted molar refractivity (Wildman–Crippen MR) is 66.3 cm³/mol. The molecule has 1 aliphatic heterocycles. The second kappa shape index (κ2) is 6.86. The van der Waals surface area contributed by atoms with E-state index in [4.69, 9.17) is 0 Å². The number of rotatable bonds is 1. The lowest BCUT2D eigenvalue weighted by Crippen LogP contribution is -2.32. The molecule has 1 atom stereocenters. The molecular formula is C12H26N2O2. The molecule has 1 amide bonds. The van der Waals surface area contributed by atoms with Crippen molar-refractivity contribution in [1.29, 1.82) is 0 Å². The first kappa shape index (κ1) is 15.4. The minimum absolute atomic E-state index is 0.0463. The second-order valence-corrected chi connectivity index (χ2v) is 5.52. The summed E-state index contributed by atoms with van der Waals surface area (Å²) in [6, 6.07) is 0. The average molecular weight is 230 g/mol. The molecule has 0 aliphatic carbocycles. The fourth-order valence-electron chi connectivity index (χ4n) is 1.53. The van der Waals surface area contributed by atoms with Gasteiger partial charge in [-0.05, 0) is 25.9 Å². The molecule has 4 heteroatoms. The standard InChI is InChI=1S/C10H19NO2.C2H7N/c1-10(2,3)6-9(13)11-5-4-8(12)7-11;1-3-2/h8,12H,4-7H2,1-3H3;3H,1-2H3. The Balaban J connectivity index is 0.000000673. The van der Waals surface area contributed by atoms with E-state index in [1.807, 2.05) is 14.1 Å². The highest BCUT2D eigenvalue weighted by atomic mass is 16.3. The largest absolute Gasteiger partial charge is 0.391 e. The molecule has 2 N–H and O–H groups in total. The minimum Gasteiger partial charge on any atom is -0.391 e. The van der Waals surface area contributed by atoms with Gasteiger partial charge in [0.2, 0.25) is 5.91 Å². The zero-order chi connectivity index (χ0) is 12.8. The van der Waals surface area contributed by atoms with E-state index in [1.54, 1.807) is 4.90 Å². The third-order valence-electron chi connectivity index (χ3n) is 2.20. The molecule has 0 radical (unpaired) electrons. The summed E-state index contributed by atoms with van der Waals surface area (Å²) in [7, 11) is 3.75. The number of hydrogen-bond acceptors (Lipinski definition) is 3. The fraction of sp³-hybridized carbons (Fsp3) is 0.917. The molecule has 0 spiro atoms. The summed E-state index contributed by atoms with van der Waals surface area (Å²) in [4.78, 5) is 13.4. The number of nitrogens with one attached hydrogen (secondary N) is 1. The molecule has 0 bridgehead atoms. The Morgan fingerprint density at radius 3 is 2.25 bits per heavy atom. The van der Waals surface area contributed by atoms with E-state index >= 15 is 0 Å². The van der Waals surface area contributed by atoms with Gasteiger partial charge in [0.15, 0.2) is 0 Å². The molecular weight excluding hydrogens is 204 g/mol. The van der Waals surface area contributed by atoms with Crippen molar-refractivity contribution >= 4 is 5.91 Å². The van der Waals surface area contributed by atoms with E-state index in [9.17, 15) is 9.90 Å². The van der Waals surface area contributed by atoms with E-state index in [-0.39, 0.29) is 17.4 Å². The molecule has 4 nitrogen and oxygen atoms in total. The van der Waals surface area contributed by atoms with Gasteiger partial charge in [-0.3, -0.25) is 4.79 Å². The smallest absolute Gasteiger partial charge is 0.223 e. The molecule has 0 aromatic rings. The second-order valence-electron chi connectivity index (χ2n) is 5.52. The van der Waals surface area contributed by atoms with Crippen LogP contribution in [0.3, 0.4) is 0 Å². The predicted octanol–water partition coefficient (Wildman–Crippen LogP) is 0.851. The van der Waals surface area contributed by atoms with Crippen LogP contribution < -0.4 is 5.32 Å². The third kappa shape index (κ3) is 6.80. The van der Waals surface area contributed by atoms with Crippen molar-refractivity contribution in [3.63, 3.8) is 0 Å². The number of carbonyl (C=O) groups is 1. The fourth-order valence-corrected chi connectivity index (χ4v) is 1.53. The molecule has 0 aromatic heterocycles. The van der Waals surface area contributed by atoms with E-state index < -0.39 is 0 Å². The molecule has 1 aliphatic rings. The van der Waals surface area contributed by atoms with Crippen molar-refractivity contribution in [3.05, 3.63) is 0 Å². The molecule has 1 saturated heterocycles. The minimum atomic E-state index is -0.302. The van der Waals surface area contributed by atoms with Gasteiger partial charge in [0.05, 0.1) is 6.10 Å². The van der Waals surface area contributed by atoms with Crippen molar-refractivity contribution in [1.82, 2.24) is 10.2 Å². The number of hydrogen-bond donors (Lipinski definition) is 2. The van der Waals surface area contributed by atoms with Crippen LogP contribution >= 0.6 is 0 Å². The van der Waals surface area contributed by atoms with Gasteiger partial charge in [0, 0.05) is 19.5 Å². The van der Waals surface area contributed by atoms with Gasteiger partial charge in [-0.25, -0.2) is 0 Å². The SMILES string of the molecule is CC(C)(C)CC(=O)N1CCC(O)C1.CNC. The number of β-amino-alcohol motifs (C(OH)–C–C–N with tert-alkyl or cyclic N) is 1. The zero-order valence-electron chi connectivity index (χ0n) is 11.2. The summed E-state index contributed by atoms with van der Waals surface area (Å²) in [5.41, 5.74) is 0.0463. The van der Waals surface area contributed by atoms with Crippen LogP contribution in [0.5, 0.6) is 0 Å². The van der Waals surface area contributed by atoms with Crippen LogP contribution in [0.2, 0.25) is 0 Å². The van der Waals surface area contributed by atoms with E-state index in [1.165, 1.54) is 0 Å². The van der Waals surface area contributed by atoms with Gasteiger partial charge >= 0.3 is 0 Å². The molecule has 1 heterocycles. The van der Waals surface area contributed by atoms with Crippen molar-refractivity contribution < 1.29 is 9.90 Å². The first-order chi connectivity index (χ1) is 7.30. The van der Waals surface area contributed by atoms with Crippen LogP contribution in [0.15, 0.2) is 0 Å². The van der Waals surface area contributed by atoms with Gasteiger partial charge in [0.25, 0.3) is 0 Å². The number of aliphatic hydroxyl groups excluding tert-OH is 1. The summed E-state index contributed by atoms with van der Waals surface area (Å²) < 4.78 is 0. The van der Waals surface area contributed by atoms with Crippen LogP contribution in [0.4, 0.5) is 0 Å². The molecule has 96 valence electrons. The quantitative estimate of drug-likeness (QED) is 0.702. The summed E-state index contributed by atoms with van der Waals surface area (Å²) in [5.74, 6) is 0.170. The number of nitrogens with zero attached hydrogens (tertiary/aromatic N) is 1. The van der Waals surface area contributed by atoms with Crippen molar-refractivity contribution in [3.8, 4) is 0 Å². The summed E-state index contributed by atoms with van der Waals surface area (Å²) in [5, 5.41) is 12.0. The highest BCUT2D eigenvalue weighted by Crippen LogP contribution is 2.21. The topological polar surface area (TPSA) is 52.6 Å². The number of likely N-dealkylation sites (tertiary alicyclic amines) is 1. The maximum atomic E-state index is 11.6. The monoisotopic (exact) mass is 230 g/mol. The Bertz CT molecular complexity index is 212. The van der Waals surface area contributed by atoms with E-state index in [0.29, 0.717) is 13.0 Å². The molecule has 16 heavy (non-hydrogen) atoms. The molecule has 0 saturated carbocycles. The average Bonchev–Trinajstić information content (AvgIpc) is 2.50. The molecule has 1 fully saturated rings. The summed E-state index contributed by atoms with van der Waals surface area (Å²) in [6.45, 7) is 7.40. The Kier molecular flexibility index (Phi) is 6.60. The lowest BCUT2D eigenvalue weighted by molar-refractivity contribution is -0.132. The summed E-state index contributed by atoms with van der Waals surface area (Å²) in [6.07, 6.45) is 0.999. The van der Waals surface area contributed by atoms with Gasteiger partial charge < -0.3 is 15.3 Å². The third-order valence-corrected chi connectivity index (χ3v) is 2.20. The van der Waals surface area contributed by atoms with Crippen molar-refractivity contribution in [2.45, 2.75) is 39.7 Å². The maximum absolute atomic E-state index is 11.6. The van der Waals surface area contributed by atoms with Crippen LogP contribution in [-0.2, 0) is 4.79 Å². The lowest BCUT2D eigenvalue weighted by atomic mass is 9.92. The van der Waals surface area contributed by atoms with Gasteiger partial charge in [-0.1, -0.05) is 20.8 Å². The van der Waals surface area contributed by atoms with Crippen LogP contribution in [0.25, 0.3) is 0 Å². The van der Waals surface area contributed by atoms with E-state index in [0.717, 1.165) is 13.0 Å². The summed E-state index contributed by atoms with van der Waals surface area (Å²) >= 11 is 0. The molecule has 0 aromatic carbocycles. The Morgan fingerprint density at radius 1 is 1.44 bits per heavy atom. The molecule has 1 rings (SSSR count). The lowest BCUT2D eigenvalue weighted by Gasteiger charge is -2.22. The van der Waals surface area contributed by atoms with Gasteiger partial charge in [-0.2, -0.15) is 0 Å². The van der Waals surface area contributed by atoms with Gasteiger partial charge in [-0.15, -0.1) is 0 Å². The van der Waals surface area contributed by atoms with Crippen molar-refractivity contribution in [2.75, 3.05) is 27.2 Å².